The Bertz CT molecular complexity index is 964. The molecular weight excluding hydrogens is 326 g/mol. The summed E-state index contributed by atoms with van der Waals surface area (Å²) < 4.78 is 1.28. The molecular formula is C21H23N3O2. The molecule has 0 unspecified atom stereocenters. The monoisotopic (exact) mass is 349 g/mol. The van der Waals surface area contributed by atoms with E-state index in [1.165, 1.54) is 10.2 Å². The predicted octanol–water partition coefficient (Wildman–Crippen LogP) is 2.80. The van der Waals surface area contributed by atoms with E-state index < -0.39 is 0 Å². The number of carbonyl (C=O) groups is 1. The molecule has 26 heavy (non-hydrogen) atoms. The minimum atomic E-state index is -0.223. The molecule has 5 nitrogen and oxygen atoms in total. The zero-order valence-electron chi connectivity index (χ0n) is 15.2. The standard InChI is InChI=1S/C21H23N3O2/c1-3-23(14-13-17-9-5-4-6-10-17)20(25)15-24-21(26)19-12-8-7-11-18(19)16(2)22-24/h4-12H,3,13-15H2,1-2H3. The summed E-state index contributed by atoms with van der Waals surface area (Å²) in [6.45, 7) is 5.00. The van der Waals surface area contributed by atoms with Crippen LogP contribution in [0.3, 0.4) is 0 Å². The van der Waals surface area contributed by atoms with Crippen LogP contribution in [0.1, 0.15) is 18.2 Å². The summed E-state index contributed by atoms with van der Waals surface area (Å²) in [5.41, 5.74) is 1.72. The highest BCUT2D eigenvalue weighted by atomic mass is 16.2. The zero-order valence-corrected chi connectivity index (χ0v) is 15.2. The van der Waals surface area contributed by atoms with E-state index in [9.17, 15) is 9.59 Å². The van der Waals surface area contributed by atoms with E-state index in [2.05, 4.69) is 17.2 Å². The summed E-state index contributed by atoms with van der Waals surface area (Å²) in [5, 5.41) is 5.76. The number of fused-ring (bicyclic) bond motifs is 1. The van der Waals surface area contributed by atoms with E-state index in [4.69, 9.17) is 0 Å². The molecule has 5 heteroatoms. The number of aryl methyl sites for hydroxylation is 1. The third-order valence-electron chi connectivity index (χ3n) is 4.59. The number of aromatic nitrogens is 2. The molecule has 3 aromatic rings. The first-order valence-electron chi connectivity index (χ1n) is 8.88. The van der Waals surface area contributed by atoms with Gasteiger partial charge in [-0.05, 0) is 31.9 Å². The average Bonchev–Trinajstić information content (AvgIpc) is 2.67. The van der Waals surface area contributed by atoms with Crippen molar-refractivity contribution in [3.63, 3.8) is 0 Å². The Balaban J connectivity index is 1.77. The van der Waals surface area contributed by atoms with Crippen molar-refractivity contribution in [1.29, 1.82) is 0 Å². The zero-order chi connectivity index (χ0) is 18.5. The maximum absolute atomic E-state index is 12.7. The fourth-order valence-corrected chi connectivity index (χ4v) is 3.11. The molecule has 0 aliphatic carbocycles. The number of hydrogen-bond donors (Lipinski definition) is 0. The van der Waals surface area contributed by atoms with Crippen molar-refractivity contribution in [3.05, 3.63) is 76.2 Å². The molecule has 0 bridgehead atoms. The molecule has 0 radical (unpaired) electrons. The Kier molecular flexibility index (Phi) is 5.46. The van der Waals surface area contributed by atoms with Crippen LogP contribution < -0.4 is 5.56 Å². The van der Waals surface area contributed by atoms with Crippen LogP contribution in [0.4, 0.5) is 0 Å². The smallest absolute Gasteiger partial charge is 0.275 e. The van der Waals surface area contributed by atoms with Gasteiger partial charge >= 0.3 is 0 Å². The minimum Gasteiger partial charge on any atom is -0.341 e. The topological polar surface area (TPSA) is 55.2 Å². The first-order chi connectivity index (χ1) is 12.6. The summed E-state index contributed by atoms with van der Waals surface area (Å²) in [5.74, 6) is -0.0901. The lowest BCUT2D eigenvalue weighted by Crippen LogP contribution is -2.38. The molecule has 0 saturated heterocycles. The lowest BCUT2D eigenvalue weighted by Gasteiger charge is -2.21. The summed E-state index contributed by atoms with van der Waals surface area (Å²) in [6, 6.07) is 17.4. The predicted molar refractivity (Wildman–Crippen MR) is 103 cm³/mol. The summed E-state index contributed by atoms with van der Waals surface area (Å²) in [4.78, 5) is 27.1. The van der Waals surface area contributed by atoms with Gasteiger partial charge in [0.25, 0.3) is 5.56 Å². The van der Waals surface area contributed by atoms with Gasteiger partial charge in [0.05, 0.1) is 11.1 Å². The number of carbonyl (C=O) groups excluding carboxylic acids is 1. The van der Waals surface area contributed by atoms with Crippen molar-refractivity contribution in [2.45, 2.75) is 26.8 Å². The van der Waals surface area contributed by atoms with Crippen LogP contribution in [0.25, 0.3) is 10.8 Å². The number of benzene rings is 2. The molecule has 0 atom stereocenters. The van der Waals surface area contributed by atoms with Crippen molar-refractivity contribution in [2.75, 3.05) is 13.1 Å². The van der Waals surface area contributed by atoms with Crippen LogP contribution >= 0.6 is 0 Å². The first kappa shape index (κ1) is 17.9. The van der Waals surface area contributed by atoms with Crippen molar-refractivity contribution in [1.82, 2.24) is 14.7 Å². The van der Waals surface area contributed by atoms with E-state index in [0.717, 1.165) is 17.5 Å². The van der Waals surface area contributed by atoms with Crippen LogP contribution in [-0.2, 0) is 17.8 Å². The number of amides is 1. The third kappa shape index (κ3) is 3.82. The highest BCUT2D eigenvalue weighted by Gasteiger charge is 2.15. The molecule has 0 spiro atoms. The molecule has 0 aliphatic rings. The summed E-state index contributed by atoms with van der Waals surface area (Å²) in [6.07, 6.45) is 0.791. The van der Waals surface area contributed by atoms with E-state index in [1.54, 1.807) is 11.0 Å². The number of hydrogen-bond acceptors (Lipinski definition) is 3. The van der Waals surface area contributed by atoms with Crippen LogP contribution in [0.2, 0.25) is 0 Å². The Morgan fingerprint density at radius 2 is 1.69 bits per heavy atom. The number of rotatable bonds is 6. The van der Waals surface area contributed by atoms with Crippen LogP contribution in [-0.4, -0.2) is 33.7 Å². The van der Waals surface area contributed by atoms with E-state index in [0.29, 0.717) is 18.5 Å². The molecule has 0 fully saturated rings. The van der Waals surface area contributed by atoms with E-state index in [-0.39, 0.29) is 18.0 Å². The largest absolute Gasteiger partial charge is 0.341 e. The fourth-order valence-electron chi connectivity index (χ4n) is 3.11. The van der Waals surface area contributed by atoms with Crippen LogP contribution in [0, 0.1) is 6.92 Å². The summed E-state index contributed by atoms with van der Waals surface area (Å²) in [7, 11) is 0. The summed E-state index contributed by atoms with van der Waals surface area (Å²) >= 11 is 0. The van der Waals surface area contributed by atoms with Gasteiger partial charge in [-0.2, -0.15) is 5.10 Å². The number of likely N-dealkylation sites (N-methyl/N-ethyl adjacent to an activating group) is 1. The van der Waals surface area contributed by atoms with Gasteiger partial charge in [0.2, 0.25) is 5.91 Å². The van der Waals surface area contributed by atoms with Gasteiger partial charge in [0.15, 0.2) is 0 Å². The SMILES string of the molecule is CCN(CCc1ccccc1)C(=O)Cn1nc(C)c2ccccc2c1=O. The van der Waals surface area contributed by atoms with Gasteiger partial charge in [0.1, 0.15) is 6.54 Å². The van der Waals surface area contributed by atoms with Crippen LogP contribution in [0.5, 0.6) is 0 Å². The van der Waals surface area contributed by atoms with Gasteiger partial charge in [-0.25, -0.2) is 4.68 Å². The molecule has 1 amide bonds. The maximum Gasteiger partial charge on any atom is 0.275 e. The van der Waals surface area contributed by atoms with E-state index >= 15 is 0 Å². The first-order valence-corrected chi connectivity index (χ1v) is 8.88. The van der Waals surface area contributed by atoms with Gasteiger partial charge in [0, 0.05) is 18.5 Å². The quantitative estimate of drug-likeness (QED) is 0.688. The van der Waals surface area contributed by atoms with Gasteiger partial charge in [-0.15, -0.1) is 0 Å². The average molecular weight is 349 g/mol. The second-order valence-electron chi connectivity index (χ2n) is 6.30. The normalized spacial score (nSPS) is 10.8. The molecule has 0 N–H and O–H groups in total. The van der Waals surface area contributed by atoms with E-state index in [1.807, 2.05) is 50.2 Å². The Hall–Kier alpha value is -2.95. The molecule has 0 saturated carbocycles. The van der Waals surface area contributed by atoms with Crippen molar-refractivity contribution >= 4 is 16.7 Å². The highest BCUT2D eigenvalue weighted by Crippen LogP contribution is 2.12. The lowest BCUT2D eigenvalue weighted by molar-refractivity contribution is -0.131. The van der Waals surface area contributed by atoms with Crippen molar-refractivity contribution in [2.24, 2.45) is 0 Å². The van der Waals surface area contributed by atoms with Crippen molar-refractivity contribution < 1.29 is 4.79 Å². The highest BCUT2D eigenvalue weighted by molar-refractivity contribution is 5.83. The second kappa shape index (κ2) is 7.95. The Labute approximate surface area is 152 Å². The fraction of sp³-hybridized carbons (Fsp3) is 0.286. The van der Waals surface area contributed by atoms with Gasteiger partial charge < -0.3 is 4.90 Å². The van der Waals surface area contributed by atoms with Crippen LogP contribution in [0.15, 0.2) is 59.4 Å². The molecule has 3 rings (SSSR count). The van der Waals surface area contributed by atoms with Gasteiger partial charge in [-0.1, -0.05) is 48.5 Å². The Morgan fingerprint density at radius 3 is 2.38 bits per heavy atom. The molecule has 0 aliphatic heterocycles. The molecule has 1 aromatic heterocycles. The maximum atomic E-state index is 12.7. The van der Waals surface area contributed by atoms with Gasteiger partial charge in [-0.3, -0.25) is 9.59 Å². The minimum absolute atomic E-state index is 0.0346. The second-order valence-corrected chi connectivity index (χ2v) is 6.30. The molecule has 2 aromatic carbocycles. The number of nitrogens with zero attached hydrogens (tertiary/aromatic N) is 3. The lowest BCUT2D eigenvalue weighted by atomic mass is 10.1. The van der Waals surface area contributed by atoms with Crippen molar-refractivity contribution in [3.8, 4) is 0 Å². The molecule has 1 heterocycles. The third-order valence-corrected chi connectivity index (χ3v) is 4.59. The Morgan fingerprint density at radius 1 is 1.04 bits per heavy atom. The molecule has 134 valence electrons.